The van der Waals surface area contributed by atoms with Gasteiger partial charge in [-0.05, 0) is 41.3 Å². The van der Waals surface area contributed by atoms with Crippen LogP contribution in [0.2, 0.25) is 5.02 Å². The number of ether oxygens (including phenoxy) is 1. The molecule has 4 aromatic carbocycles. The number of piperazine rings is 1. The number of halogens is 1. The van der Waals surface area contributed by atoms with E-state index in [9.17, 15) is 9.59 Å². The summed E-state index contributed by atoms with van der Waals surface area (Å²) in [4.78, 5) is 27.5. The van der Waals surface area contributed by atoms with E-state index < -0.39 is 5.91 Å². The van der Waals surface area contributed by atoms with Crippen LogP contribution in [0, 0.1) is 5.41 Å². The van der Waals surface area contributed by atoms with E-state index in [0.29, 0.717) is 5.75 Å². The van der Waals surface area contributed by atoms with Gasteiger partial charge in [-0.2, -0.15) is 0 Å². The smallest absolute Gasteiger partial charge is 0.260 e. The summed E-state index contributed by atoms with van der Waals surface area (Å²) in [7, 11) is 0. The van der Waals surface area contributed by atoms with Crippen LogP contribution >= 0.6 is 11.6 Å². The lowest BCUT2D eigenvalue weighted by molar-refractivity contribution is -0.135. The molecule has 2 amide bonds. The molecular formula is C33H33ClN4O4. The minimum atomic E-state index is -0.563. The van der Waals surface area contributed by atoms with Gasteiger partial charge in [-0.1, -0.05) is 78.4 Å². The molecule has 9 heteroatoms. The molecule has 0 aliphatic carbocycles. The fourth-order valence-electron chi connectivity index (χ4n) is 4.52. The third kappa shape index (κ3) is 8.19. The molecular weight excluding hydrogens is 552 g/mol. The van der Waals surface area contributed by atoms with Gasteiger partial charge in [-0.25, -0.2) is 0 Å². The Morgan fingerprint density at radius 2 is 1.62 bits per heavy atom. The van der Waals surface area contributed by atoms with Crippen molar-refractivity contribution in [3.05, 3.63) is 113 Å². The highest BCUT2D eigenvalue weighted by atomic mass is 35.5. The minimum absolute atomic E-state index is 0.0136. The summed E-state index contributed by atoms with van der Waals surface area (Å²) in [6.07, 6.45) is 5.66. The third-order valence-electron chi connectivity index (χ3n) is 6.86. The number of hydrogen-bond donors (Lipinski definition) is 3. The number of phenolic OH excluding ortho intramolecular Hbond substituents is 1. The van der Waals surface area contributed by atoms with E-state index in [4.69, 9.17) is 32.6 Å². The maximum Gasteiger partial charge on any atom is 0.260 e. The van der Waals surface area contributed by atoms with Gasteiger partial charge < -0.3 is 25.9 Å². The maximum atomic E-state index is 12.7. The molecule has 0 saturated carbocycles. The standard InChI is InChI=1S/C26H27N3O2.C7H6ClNO2/c27-19-22-12-13-25(24-11-5-4-10-23(22)24)31-20-26(30)29-17-15-28(16-18-29)14-6-9-21-7-2-1-3-8-21;8-5-3-4(7(9)11)1-2-6(5)10/h1-13,19,27H,14-18,20H2;1-3,10H,(H2,9,11)/b9-6+,27-19?;. The average Bonchev–Trinajstić information content (AvgIpc) is 3.02. The van der Waals surface area contributed by atoms with Gasteiger partial charge in [0, 0.05) is 55.5 Å². The van der Waals surface area contributed by atoms with Crippen molar-refractivity contribution < 1.29 is 19.4 Å². The SMILES string of the molecule is N=Cc1ccc(OCC(=O)N2CCN(C/C=C/c3ccccc3)CC2)c2ccccc12.NC(=O)c1ccc(O)c(Cl)c1. The van der Waals surface area contributed by atoms with E-state index in [2.05, 4.69) is 29.2 Å². The number of amides is 2. The van der Waals surface area contributed by atoms with Crippen molar-refractivity contribution in [3.63, 3.8) is 0 Å². The second-order valence-corrected chi connectivity index (χ2v) is 10.1. The van der Waals surface area contributed by atoms with Gasteiger partial charge >= 0.3 is 0 Å². The molecule has 0 atom stereocenters. The number of nitrogens with zero attached hydrogens (tertiary/aromatic N) is 2. The Kier molecular flexibility index (Phi) is 10.7. The summed E-state index contributed by atoms with van der Waals surface area (Å²) < 4.78 is 5.88. The van der Waals surface area contributed by atoms with Gasteiger partial charge in [0.25, 0.3) is 5.91 Å². The van der Waals surface area contributed by atoms with Crippen LogP contribution in [0.4, 0.5) is 0 Å². The molecule has 1 aliphatic heterocycles. The zero-order chi connectivity index (χ0) is 29.9. The van der Waals surface area contributed by atoms with Crippen LogP contribution < -0.4 is 10.5 Å². The van der Waals surface area contributed by atoms with Crippen molar-refractivity contribution in [2.24, 2.45) is 5.73 Å². The number of nitrogens with two attached hydrogens (primary N) is 1. The van der Waals surface area contributed by atoms with E-state index in [0.717, 1.165) is 49.1 Å². The number of fused-ring (bicyclic) bond motifs is 1. The largest absolute Gasteiger partial charge is 0.506 e. The molecule has 1 heterocycles. The maximum absolute atomic E-state index is 12.7. The predicted octanol–water partition coefficient (Wildman–Crippen LogP) is 5.22. The van der Waals surface area contributed by atoms with E-state index in [1.807, 2.05) is 59.5 Å². The van der Waals surface area contributed by atoms with Gasteiger partial charge in [0.05, 0.1) is 5.02 Å². The van der Waals surface area contributed by atoms with Gasteiger partial charge in [0.2, 0.25) is 5.91 Å². The highest BCUT2D eigenvalue weighted by molar-refractivity contribution is 6.32. The van der Waals surface area contributed by atoms with E-state index in [1.165, 1.54) is 30.0 Å². The van der Waals surface area contributed by atoms with E-state index >= 15 is 0 Å². The van der Waals surface area contributed by atoms with Gasteiger partial charge in [-0.3, -0.25) is 14.5 Å². The Morgan fingerprint density at radius 1 is 0.929 bits per heavy atom. The lowest BCUT2D eigenvalue weighted by atomic mass is 10.0. The second-order valence-electron chi connectivity index (χ2n) is 9.66. The van der Waals surface area contributed by atoms with Crippen LogP contribution in [0.1, 0.15) is 21.5 Å². The van der Waals surface area contributed by atoms with Crippen molar-refractivity contribution >= 4 is 46.5 Å². The average molecular weight is 585 g/mol. The zero-order valence-corrected chi connectivity index (χ0v) is 23.8. The number of rotatable bonds is 8. The zero-order valence-electron chi connectivity index (χ0n) is 23.1. The number of aromatic hydroxyl groups is 1. The third-order valence-corrected chi connectivity index (χ3v) is 7.16. The molecule has 0 aromatic heterocycles. The highest BCUT2D eigenvalue weighted by Crippen LogP contribution is 2.28. The number of primary amides is 1. The molecule has 8 nitrogen and oxygen atoms in total. The summed E-state index contributed by atoms with van der Waals surface area (Å²) >= 11 is 5.50. The summed E-state index contributed by atoms with van der Waals surface area (Å²) in [6, 6.07) is 25.8. The number of benzene rings is 4. The monoisotopic (exact) mass is 584 g/mol. The first-order chi connectivity index (χ1) is 20.4. The molecule has 5 rings (SSSR count). The topological polar surface area (TPSA) is 120 Å². The van der Waals surface area contributed by atoms with E-state index in [1.54, 1.807) is 0 Å². The van der Waals surface area contributed by atoms with Crippen LogP contribution in [0.3, 0.4) is 0 Å². The van der Waals surface area contributed by atoms with Crippen molar-refractivity contribution in [1.29, 1.82) is 5.41 Å². The molecule has 1 aliphatic rings. The van der Waals surface area contributed by atoms with Crippen molar-refractivity contribution in [2.75, 3.05) is 39.3 Å². The molecule has 0 spiro atoms. The van der Waals surface area contributed by atoms with Crippen LogP contribution in [-0.2, 0) is 4.79 Å². The van der Waals surface area contributed by atoms with Crippen LogP contribution in [0.5, 0.6) is 11.5 Å². The molecule has 0 unspecified atom stereocenters. The summed E-state index contributed by atoms with van der Waals surface area (Å²) in [5.74, 6) is 0.0718. The number of hydrogen-bond acceptors (Lipinski definition) is 6. The molecule has 216 valence electrons. The molecule has 0 radical (unpaired) electrons. The second kappa shape index (κ2) is 14.8. The normalized spacial score (nSPS) is 13.4. The Bertz CT molecular complexity index is 1570. The number of phenols is 1. The van der Waals surface area contributed by atoms with Crippen LogP contribution in [0.25, 0.3) is 16.8 Å². The lowest BCUT2D eigenvalue weighted by Gasteiger charge is -2.34. The summed E-state index contributed by atoms with van der Waals surface area (Å²) in [5, 5.41) is 18.5. The Balaban J connectivity index is 0.000000310. The summed E-state index contributed by atoms with van der Waals surface area (Å²) in [6.45, 7) is 4.08. The predicted molar refractivity (Wildman–Crippen MR) is 167 cm³/mol. The van der Waals surface area contributed by atoms with Crippen LogP contribution in [0.15, 0.2) is 91.0 Å². The quantitative estimate of drug-likeness (QED) is 0.245. The Hall–Kier alpha value is -4.66. The fourth-order valence-corrected chi connectivity index (χ4v) is 4.70. The molecule has 0 bridgehead atoms. The molecule has 4 aromatic rings. The van der Waals surface area contributed by atoms with Gasteiger partial charge in [0.1, 0.15) is 11.5 Å². The number of carbonyl (C=O) groups is 2. The first-order valence-corrected chi connectivity index (χ1v) is 13.9. The molecule has 1 fully saturated rings. The fraction of sp³-hybridized carbons (Fsp3) is 0.182. The van der Waals surface area contributed by atoms with Gasteiger partial charge in [-0.15, -0.1) is 0 Å². The molecule has 4 N–H and O–H groups in total. The van der Waals surface area contributed by atoms with Crippen molar-refractivity contribution in [2.45, 2.75) is 0 Å². The molecule has 1 saturated heterocycles. The first kappa shape index (κ1) is 30.3. The first-order valence-electron chi connectivity index (χ1n) is 13.5. The number of carbonyl (C=O) groups excluding carboxylic acids is 2. The number of nitrogens with one attached hydrogen (secondary N) is 1. The minimum Gasteiger partial charge on any atom is -0.506 e. The van der Waals surface area contributed by atoms with Crippen molar-refractivity contribution in [3.8, 4) is 11.5 Å². The Labute approximate surface area is 250 Å². The lowest BCUT2D eigenvalue weighted by Crippen LogP contribution is -2.49. The Morgan fingerprint density at radius 3 is 2.29 bits per heavy atom. The van der Waals surface area contributed by atoms with E-state index in [-0.39, 0.29) is 28.8 Å². The van der Waals surface area contributed by atoms with Crippen molar-refractivity contribution in [1.82, 2.24) is 9.80 Å². The summed E-state index contributed by atoms with van der Waals surface area (Å²) in [5.41, 5.74) is 7.28. The molecule has 42 heavy (non-hydrogen) atoms. The highest BCUT2D eigenvalue weighted by Gasteiger charge is 2.21. The van der Waals surface area contributed by atoms with Gasteiger partial charge in [0.15, 0.2) is 6.61 Å². The van der Waals surface area contributed by atoms with Crippen LogP contribution in [-0.4, -0.2) is 72.3 Å².